The van der Waals surface area contributed by atoms with Crippen molar-refractivity contribution in [1.29, 1.82) is 0 Å². The summed E-state index contributed by atoms with van der Waals surface area (Å²) in [5, 5.41) is 0. The fourth-order valence-electron chi connectivity index (χ4n) is 4.32. The van der Waals surface area contributed by atoms with Gasteiger partial charge in [-0.15, -0.1) is 0 Å². The normalized spacial score (nSPS) is 20.6. The van der Waals surface area contributed by atoms with Crippen LogP contribution in [0.1, 0.15) is 69.9 Å². The first-order chi connectivity index (χ1) is 12.3. The van der Waals surface area contributed by atoms with Gasteiger partial charge in [0.05, 0.1) is 0 Å². The molecule has 0 spiro atoms. The van der Waals surface area contributed by atoms with Crippen molar-refractivity contribution in [3.63, 3.8) is 0 Å². The van der Waals surface area contributed by atoms with Crippen molar-refractivity contribution in [2.75, 3.05) is 0 Å². The van der Waals surface area contributed by atoms with Gasteiger partial charge in [-0.3, -0.25) is 0 Å². The average Bonchev–Trinajstić information content (AvgIpc) is 2.68. The van der Waals surface area contributed by atoms with Gasteiger partial charge >= 0.3 is 0 Å². The van der Waals surface area contributed by atoms with Crippen LogP contribution in [0.4, 0.5) is 0 Å². The van der Waals surface area contributed by atoms with Gasteiger partial charge in [-0.25, -0.2) is 0 Å². The molecule has 0 aliphatic heterocycles. The van der Waals surface area contributed by atoms with E-state index in [0.29, 0.717) is 0 Å². The van der Waals surface area contributed by atoms with Gasteiger partial charge in [0.2, 0.25) is 0 Å². The standard InChI is InChI=1S/C25H34/c1-3-5-21-12-16-24(17-13-21)25-18-14-23(15-19-25)11-10-22-8-6-20(4-2)7-9-22/h12-20,22H,3-11H2,1-2H3. The first-order valence-corrected chi connectivity index (χ1v) is 10.5. The van der Waals surface area contributed by atoms with Crippen LogP contribution < -0.4 is 0 Å². The van der Waals surface area contributed by atoms with E-state index in [9.17, 15) is 0 Å². The zero-order chi connectivity index (χ0) is 17.5. The van der Waals surface area contributed by atoms with Crippen molar-refractivity contribution in [2.45, 2.75) is 71.6 Å². The molecule has 134 valence electrons. The number of benzene rings is 2. The minimum atomic E-state index is 0.966. The lowest BCUT2D eigenvalue weighted by Crippen LogP contribution is -2.14. The van der Waals surface area contributed by atoms with E-state index in [4.69, 9.17) is 0 Å². The van der Waals surface area contributed by atoms with Crippen LogP contribution >= 0.6 is 0 Å². The summed E-state index contributed by atoms with van der Waals surface area (Å²) in [6, 6.07) is 18.4. The maximum absolute atomic E-state index is 2.35. The van der Waals surface area contributed by atoms with Crippen LogP contribution in [0.2, 0.25) is 0 Å². The molecule has 0 saturated heterocycles. The van der Waals surface area contributed by atoms with E-state index < -0.39 is 0 Å². The molecule has 1 saturated carbocycles. The predicted molar refractivity (Wildman–Crippen MR) is 110 cm³/mol. The van der Waals surface area contributed by atoms with Crippen molar-refractivity contribution in [1.82, 2.24) is 0 Å². The first-order valence-electron chi connectivity index (χ1n) is 10.5. The maximum Gasteiger partial charge on any atom is -0.0184 e. The quantitative estimate of drug-likeness (QED) is 0.493. The Balaban J connectivity index is 1.52. The minimum Gasteiger partial charge on any atom is -0.0651 e. The van der Waals surface area contributed by atoms with E-state index in [1.807, 2.05) is 0 Å². The summed E-state index contributed by atoms with van der Waals surface area (Å²) in [4.78, 5) is 0. The van der Waals surface area contributed by atoms with E-state index in [1.54, 1.807) is 0 Å². The fourth-order valence-corrected chi connectivity index (χ4v) is 4.32. The lowest BCUT2D eigenvalue weighted by molar-refractivity contribution is 0.259. The Bertz CT molecular complexity index is 612. The molecule has 2 aromatic rings. The summed E-state index contributed by atoms with van der Waals surface area (Å²) in [5.41, 5.74) is 5.63. The first kappa shape index (κ1) is 18.2. The smallest absolute Gasteiger partial charge is 0.0184 e. The monoisotopic (exact) mass is 334 g/mol. The molecule has 0 N–H and O–H groups in total. The minimum absolute atomic E-state index is 0.966. The Hall–Kier alpha value is -1.56. The molecule has 0 unspecified atom stereocenters. The molecule has 2 aromatic carbocycles. The highest BCUT2D eigenvalue weighted by atomic mass is 14.2. The van der Waals surface area contributed by atoms with Gasteiger partial charge in [-0.2, -0.15) is 0 Å². The van der Waals surface area contributed by atoms with Crippen LogP contribution in [-0.2, 0) is 12.8 Å². The van der Waals surface area contributed by atoms with Crippen LogP contribution in [-0.4, -0.2) is 0 Å². The number of aryl methyl sites for hydroxylation is 2. The van der Waals surface area contributed by atoms with Crippen LogP contribution in [0.15, 0.2) is 48.5 Å². The summed E-state index contributed by atoms with van der Waals surface area (Å²) < 4.78 is 0. The topological polar surface area (TPSA) is 0 Å². The molecule has 3 rings (SSSR count). The summed E-state index contributed by atoms with van der Waals surface area (Å²) in [7, 11) is 0. The molecule has 0 heteroatoms. The molecule has 25 heavy (non-hydrogen) atoms. The van der Waals surface area contributed by atoms with Gasteiger partial charge in [0, 0.05) is 0 Å². The van der Waals surface area contributed by atoms with Crippen molar-refractivity contribution in [3.05, 3.63) is 59.7 Å². The second kappa shape index (κ2) is 9.22. The molecule has 0 aromatic heterocycles. The molecule has 1 aliphatic carbocycles. The van der Waals surface area contributed by atoms with Crippen molar-refractivity contribution >= 4 is 0 Å². The van der Waals surface area contributed by atoms with Crippen LogP contribution in [0.3, 0.4) is 0 Å². The van der Waals surface area contributed by atoms with Gasteiger partial charge in [0.25, 0.3) is 0 Å². The van der Waals surface area contributed by atoms with Gasteiger partial charge in [-0.05, 0) is 53.4 Å². The zero-order valence-electron chi connectivity index (χ0n) is 16.1. The Labute approximate surface area is 154 Å². The average molecular weight is 335 g/mol. The van der Waals surface area contributed by atoms with Crippen LogP contribution in [0, 0.1) is 11.8 Å². The Kier molecular flexibility index (Phi) is 6.73. The maximum atomic E-state index is 2.35. The molecule has 0 nitrogen and oxygen atoms in total. The van der Waals surface area contributed by atoms with Gasteiger partial charge in [-0.1, -0.05) is 101 Å². The fraction of sp³-hybridized carbons (Fsp3) is 0.520. The largest absolute Gasteiger partial charge is 0.0651 e. The summed E-state index contributed by atoms with van der Waals surface area (Å²) >= 11 is 0. The summed E-state index contributed by atoms with van der Waals surface area (Å²) in [5.74, 6) is 1.98. The van der Waals surface area contributed by atoms with Crippen molar-refractivity contribution < 1.29 is 0 Å². The second-order valence-electron chi connectivity index (χ2n) is 7.98. The number of rotatable bonds is 7. The van der Waals surface area contributed by atoms with Crippen LogP contribution in [0.5, 0.6) is 0 Å². The summed E-state index contributed by atoms with van der Waals surface area (Å²) in [6.45, 7) is 4.59. The van der Waals surface area contributed by atoms with E-state index in [-0.39, 0.29) is 0 Å². The molecule has 0 bridgehead atoms. The van der Waals surface area contributed by atoms with E-state index in [0.717, 1.165) is 11.8 Å². The van der Waals surface area contributed by atoms with E-state index >= 15 is 0 Å². The lowest BCUT2D eigenvalue weighted by Gasteiger charge is -2.27. The second-order valence-corrected chi connectivity index (χ2v) is 7.98. The SMILES string of the molecule is CCCc1ccc(-c2ccc(CCC3CCC(CC)CC3)cc2)cc1. The van der Waals surface area contributed by atoms with Gasteiger partial charge < -0.3 is 0 Å². The lowest BCUT2D eigenvalue weighted by atomic mass is 9.78. The molecule has 1 fully saturated rings. The molecular weight excluding hydrogens is 300 g/mol. The molecule has 0 amide bonds. The molecule has 1 aliphatic rings. The Morgan fingerprint density at radius 2 is 1.12 bits per heavy atom. The third-order valence-corrected chi connectivity index (χ3v) is 6.16. The molecule has 0 atom stereocenters. The summed E-state index contributed by atoms with van der Waals surface area (Å²) in [6.07, 6.45) is 12.3. The van der Waals surface area contributed by atoms with Gasteiger partial charge in [0.1, 0.15) is 0 Å². The molecule has 0 heterocycles. The zero-order valence-corrected chi connectivity index (χ0v) is 16.1. The van der Waals surface area contributed by atoms with Gasteiger partial charge in [0.15, 0.2) is 0 Å². The number of hydrogen-bond donors (Lipinski definition) is 0. The third-order valence-electron chi connectivity index (χ3n) is 6.16. The van der Waals surface area contributed by atoms with E-state index in [2.05, 4.69) is 62.4 Å². The predicted octanol–water partition coefficient (Wildman–Crippen LogP) is 7.46. The molecule has 0 radical (unpaired) electrons. The molecular formula is C25H34. The highest BCUT2D eigenvalue weighted by Gasteiger charge is 2.19. The van der Waals surface area contributed by atoms with E-state index in [1.165, 1.54) is 80.0 Å². The third kappa shape index (κ3) is 5.21. The van der Waals surface area contributed by atoms with Crippen molar-refractivity contribution in [2.24, 2.45) is 11.8 Å². The highest BCUT2D eigenvalue weighted by molar-refractivity contribution is 5.63. The van der Waals surface area contributed by atoms with Crippen molar-refractivity contribution in [3.8, 4) is 11.1 Å². The Morgan fingerprint density at radius 3 is 1.60 bits per heavy atom. The number of hydrogen-bond acceptors (Lipinski definition) is 0. The highest BCUT2D eigenvalue weighted by Crippen LogP contribution is 2.33. The Morgan fingerprint density at radius 1 is 0.640 bits per heavy atom. The van der Waals surface area contributed by atoms with Crippen LogP contribution in [0.25, 0.3) is 11.1 Å².